The summed E-state index contributed by atoms with van der Waals surface area (Å²) in [7, 11) is 0. The molecule has 1 heterocycles. The molecule has 1 aromatic heterocycles. The molecule has 17 heavy (non-hydrogen) atoms. The third-order valence-corrected chi connectivity index (χ3v) is 2.87. The van der Waals surface area contributed by atoms with E-state index in [0.29, 0.717) is 17.9 Å². The van der Waals surface area contributed by atoms with E-state index < -0.39 is 0 Å². The number of hydrogen-bond donors (Lipinski definition) is 2. The molecule has 4 nitrogen and oxygen atoms in total. The van der Waals surface area contributed by atoms with E-state index in [1.807, 2.05) is 24.3 Å². The Hall–Kier alpha value is -1.46. The van der Waals surface area contributed by atoms with Crippen molar-refractivity contribution in [3.8, 4) is 0 Å². The fourth-order valence-electron chi connectivity index (χ4n) is 1.55. The second kappa shape index (κ2) is 5.25. The molecule has 0 aliphatic rings. The van der Waals surface area contributed by atoms with Crippen LogP contribution in [0.2, 0.25) is 0 Å². The largest absolute Gasteiger partial charge is 0.325 e. The minimum absolute atomic E-state index is 0.160. The second-order valence-corrected chi connectivity index (χ2v) is 4.61. The summed E-state index contributed by atoms with van der Waals surface area (Å²) in [4.78, 5) is 18.3. The van der Waals surface area contributed by atoms with E-state index in [2.05, 4.69) is 25.9 Å². The average molecular weight is 294 g/mol. The SMILES string of the molecule is NCc1cc(=O)[nH]c(Cc2ccc(Br)cc2)n1. The van der Waals surface area contributed by atoms with Gasteiger partial charge in [0.05, 0.1) is 5.69 Å². The van der Waals surface area contributed by atoms with Gasteiger partial charge >= 0.3 is 0 Å². The number of aromatic nitrogens is 2. The van der Waals surface area contributed by atoms with Crippen LogP contribution in [-0.2, 0) is 13.0 Å². The van der Waals surface area contributed by atoms with Crippen LogP contribution in [0, 0.1) is 0 Å². The summed E-state index contributed by atoms with van der Waals surface area (Å²) in [5.74, 6) is 0.639. The van der Waals surface area contributed by atoms with Crippen LogP contribution >= 0.6 is 15.9 Å². The van der Waals surface area contributed by atoms with Crippen molar-refractivity contribution in [1.29, 1.82) is 0 Å². The van der Waals surface area contributed by atoms with Crippen molar-refractivity contribution >= 4 is 15.9 Å². The molecule has 0 atom stereocenters. The molecule has 3 N–H and O–H groups in total. The molecule has 0 fully saturated rings. The Balaban J connectivity index is 2.26. The summed E-state index contributed by atoms with van der Waals surface area (Å²) in [6.07, 6.45) is 0.594. The van der Waals surface area contributed by atoms with Gasteiger partial charge in [-0.2, -0.15) is 0 Å². The molecular formula is C12H12BrN3O. The number of nitrogens with zero attached hydrogens (tertiary/aromatic N) is 1. The zero-order valence-electron chi connectivity index (χ0n) is 9.11. The van der Waals surface area contributed by atoms with Crippen LogP contribution in [0.15, 0.2) is 39.6 Å². The third-order valence-electron chi connectivity index (χ3n) is 2.34. The normalized spacial score (nSPS) is 10.5. The molecule has 0 saturated heterocycles. The van der Waals surface area contributed by atoms with E-state index in [-0.39, 0.29) is 12.1 Å². The maximum atomic E-state index is 11.4. The second-order valence-electron chi connectivity index (χ2n) is 3.69. The highest BCUT2D eigenvalue weighted by Gasteiger charge is 2.01. The molecule has 1 aromatic carbocycles. The first kappa shape index (κ1) is 12.0. The van der Waals surface area contributed by atoms with Gasteiger partial charge in [-0.3, -0.25) is 4.79 Å². The van der Waals surface area contributed by atoms with E-state index in [1.165, 1.54) is 6.07 Å². The third kappa shape index (κ3) is 3.25. The number of benzene rings is 1. The monoisotopic (exact) mass is 293 g/mol. The van der Waals surface area contributed by atoms with Gasteiger partial charge in [-0.25, -0.2) is 4.98 Å². The minimum atomic E-state index is -0.160. The maximum Gasteiger partial charge on any atom is 0.251 e. The number of halogens is 1. The Morgan fingerprint density at radius 2 is 2.00 bits per heavy atom. The predicted molar refractivity (Wildman–Crippen MR) is 69.7 cm³/mol. The van der Waals surface area contributed by atoms with E-state index in [0.717, 1.165) is 10.0 Å². The van der Waals surface area contributed by atoms with Crippen molar-refractivity contribution in [3.63, 3.8) is 0 Å². The molecule has 0 saturated carbocycles. The van der Waals surface area contributed by atoms with Crippen LogP contribution in [0.25, 0.3) is 0 Å². The van der Waals surface area contributed by atoms with Crippen LogP contribution in [0.5, 0.6) is 0 Å². The van der Waals surface area contributed by atoms with Gasteiger partial charge < -0.3 is 10.7 Å². The lowest BCUT2D eigenvalue weighted by molar-refractivity contribution is 0.875. The Bertz CT molecular complexity index is 563. The molecule has 0 spiro atoms. The van der Waals surface area contributed by atoms with Gasteiger partial charge in [0.15, 0.2) is 0 Å². The number of nitrogens with one attached hydrogen (secondary N) is 1. The van der Waals surface area contributed by atoms with E-state index in [1.54, 1.807) is 0 Å². The van der Waals surface area contributed by atoms with Crippen LogP contribution in [0.1, 0.15) is 17.1 Å². The van der Waals surface area contributed by atoms with Gasteiger partial charge in [-0.05, 0) is 17.7 Å². The smallest absolute Gasteiger partial charge is 0.251 e. The highest BCUT2D eigenvalue weighted by Crippen LogP contribution is 2.12. The topological polar surface area (TPSA) is 71.8 Å². The molecule has 0 bridgehead atoms. The standard InChI is InChI=1S/C12H12BrN3O/c13-9-3-1-8(2-4-9)5-11-15-10(7-14)6-12(17)16-11/h1-4,6H,5,7,14H2,(H,15,16,17). The fourth-order valence-corrected chi connectivity index (χ4v) is 1.81. The first-order chi connectivity index (χ1) is 8.17. The minimum Gasteiger partial charge on any atom is -0.325 e. The summed E-state index contributed by atoms with van der Waals surface area (Å²) >= 11 is 3.38. The molecule has 2 aromatic rings. The molecule has 0 radical (unpaired) electrons. The van der Waals surface area contributed by atoms with Gasteiger partial charge in [0.1, 0.15) is 5.82 Å². The zero-order chi connectivity index (χ0) is 12.3. The van der Waals surface area contributed by atoms with Crippen molar-refractivity contribution in [2.75, 3.05) is 0 Å². The Kier molecular flexibility index (Phi) is 3.71. The lowest BCUT2D eigenvalue weighted by Crippen LogP contribution is -2.15. The molecule has 88 valence electrons. The van der Waals surface area contributed by atoms with Gasteiger partial charge in [0, 0.05) is 23.5 Å². The first-order valence-corrected chi connectivity index (χ1v) is 6.00. The van der Waals surface area contributed by atoms with Gasteiger partial charge in [0.2, 0.25) is 0 Å². The summed E-state index contributed by atoms with van der Waals surface area (Å²) in [6.45, 7) is 0.275. The predicted octanol–water partition coefficient (Wildman–Crippen LogP) is 1.58. The van der Waals surface area contributed by atoms with Crippen LogP contribution in [0.4, 0.5) is 0 Å². The lowest BCUT2D eigenvalue weighted by Gasteiger charge is -2.03. The number of aromatic amines is 1. The van der Waals surface area contributed by atoms with E-state index >= 15 is 0 Å². The highest BCUT2D eigenvalue weighted by molar-refractivity contribution is 9.10. The maximum absolute atomic E-state index is 11.4. The Morgan fingerprint density at radius 1 is 1.29 bits per heavy atom. The molecule has 0 amide bonds. The van der Waals surface area contributed by atoms with Crippen molar-refractivity contribution in [3.05, 3.63) is 62.2 Å². The Morgan fingerprint density at radius 3 is 2.65 bits per heavy atom. The summed E-state index contributed by atoms with van der Waals surface area (Å²) in [5, 5.41) is 0. The van der Waals surface area contributed by atoms with Crippen molar-refractivity contribution in [2.45, 2.75) is 13.0 Å². The average Bonchev–Trinajstić information content (AvgIpc) is 2.31. The molecule has 5 heteroatoms. The number of H-pyrrole nitrogens is 1. The van der Waals surface area contributed by atoms with Gasteiger partial charge in [-0.15, -0.1) is 0 Å². The van der Waals surface area contributed by atoms with Crippen molar-refractivity contribution in [1.82, 2.24) is 9.97 Å². The molecule has 2 rings (SSSR count). The first-order valence-electron chi connectivity index (χ1n) is 5.21. The van der Waals surface area contributed by atoms with E-state index in [4.69, 9.17) is 5.73 Å². The molecule has 0 aliphatic carbocycles. The summed E-state index contributed by atoms with van der Waals surface area (Å²) in [6, 6.07) is 9.31. The fraction of sp³-hybridized carbons (Fsp3) is 0.167. The Labute approximate surface area is 107 Å². The van der Waals surface area contributed by atoms with Crippen molar-refractivity contribution < 1.29 is 0 Å². The molecule has 0 aliphatic heterocycles. The van der Waals surface area contributed by atoms with Gasteiger partial charge in [0.25, 0.3) is 5.56 Å². The number of rotatable bonds is 3. The summed E-state index contributed by atoms with van der Waals surface area (Å²) in [5.41, 5.74) is 7.02. The number of nitrogens with two attached hydrogens (primary N) is 1. The van der Waals surface area contributed by atoms with Crippen molar-refractivity contribution in [2.24, 2.45) is 5.73 Å². The van der Waals surface area contributed by atoms with Crippen LogP contribution in [0.3, 0.4) is 0 Å². The quantitative estimate of drug-likeness (QED) is 0.903. The molecular weight excluding hydrogens is 282 g/mol. The highest BCUT2D eigenvalue weighted by atomic mass is 79.9. The van der Waals surface area contributed by atoms with Crippen LogP contribution in [-0.4, -0.2) is 9.97 Å². The number of hydrogen-bond acceptors (Lipinski definition) is 3. The summed E-state index contributed by atoms with van der Waals surface area (Å²) < 4.78 is 1.03. The lowest BCUT2D eigenvalue weighted by atomic mass is 10.1. The molecule has 0 unspecified atom stereocenters. The van der Waals surface area contributed by atoms with E-state index in [9.17, 15) is 4.79 Å². The zero-order valence-corrected chi connectivity index (χ0v) is 10.7. The van der Waals surface area contributed by atoms with Crippen LogP contribution < -0.4 is 11.3 Å². The van der Waals surface area contributed by atoms with Gasteiger partial charge in [-0.1, -0.05) is 28.1 Å².